The minimum absolute atomic E-state index is 0.201. The Hall–Kier alpha value is -3.02. The third-order valence-corrected chi connectivity index (χ3v) is 4.17. The van der Waals surface area contributed by atoms with Crippen LogP contribution < -0.4 is 0 Å². The molecule has 0 bridgehead atoms. The summed E-state index contributed by atoms with van der Waals surface area (Å²) in [6.45, 7) is 0.610. The predicted molar refractivity (Wildman–Crippen MR) is 104 cm³/mol. The van der Waals surface area contributed by atoms with E-state index in [0.29, 0.717) is 38.9 Å². The molecule has 0 aliphatic heterocycles. The standard InChI is InChI=1S/C22H26O6/c23-19-9-3-17(4-10-19)7-13-21(25)27-15-1-2-16-28-22(26)14-8-18-5-11-20(24)12-6-18/h3-6,9-12,23-24H,1-2,7-8,13-16H2. The quantitative estimate of drug-likeness (QED) is 0.453. The van der Waals surface area contributed by atoms with Gasteiger partial charge in [-0.1, -0.05) is 24.3 Å². The lowest BCUT2D eigenvalue weighted by Crippen LogP contribution is -2.10. The highest BCUT2D eigenvalue weighted by atomic mass is 16.5. The van der Waals surface area contributed by atoms with Crippen LogP contribution >= 0.6 is 0 Å². The van der Waals surface area contributed by atoms with E-state index in [2.05, 4.69) is 0 Å². The molecule has 0 heterocycles. The van der Waals surface area contributed by atoms with Gasteiger partial charge in [-0.3, -0.25) is 9.59 Å². The van der Waals surface area contributed by atoms with Gasteiger partial charge in [-0.25, -0.2) is 0 Å². The van der Waals surface area contributed by atoms with Gasteiger partial charge in [0.1, 0.15) is 11.5 Å². The van der Waals surface area contributed by atoms with Crippen molar-refractivity contribution in [3.05, 3.63) is 59.7 Å². The van der Waals surface area contributed by atoms with Gasteiger partial charge in [0.2, 0.25) is 0 Å². The fraction of sp³-hybridized carbons (Fsp3) is 0.364. The number of unbranched alkanes of at least 4 members (excludes halogenated alkanes) is 1. The smallest absolute Gasteiger partial charge is 0.306 e. The largest absolute Gasteiger partial charge is 0.508 e. The zero-order valence-electron chi connectivity index (χ0n) is 15.8. The number of phenols is 2. The summed E-state index contributed by atoms with van der Waals surface area (Å²) in [6.07, 6.45) is 2.98. The number of benzene rings is 2. The normalized spacial score (nSPS) is 10.4. The second-order valence-corrected chi connectivity index (χ2v) is 6.48. The number of ether oxygens (including phenoxy) is 2. The Kier molecular flexibility index (Phi) is 8.85. The summed E-state index contributed by atoms with van der Waals surface area (Å²) in [6, 6.07) is 13.5. The van der Waals surface area contributed by atoms with Gasteiger partial charge in [0.05, 0.1) is 13.2 Å². The number of aryl methyl sites for hydroxylation is 2. The minimum Gasteiger partial charge on any atom is -0.508 e. The number of rotatable bonds is 11. The maximum Gasteiger partial charge on any atom is 0.306 e. The first-order valence-electron chi connectivity index (χ1n) is 9.40. The van der Waals surface area contributed by atoms with Crippen molar-refractivity contribution in [1.82, 2.24) is 0 Å². The molecule has 0 aromatic heterocycles. The summed E-state index contributed by atoms with van der Waals surface area (Å²) in [5, 5.41) is 18.4. The van der Waals surface area contributed by atoms with Gasteiger partial charge in [-0.15, -0.1) is 0 Å². The first-order chi connectivity index (χ1) is 13.5. The monoisotopic (exact) mass is 386 g/mol. The molecule has 28 heavy (non-hydrogen) atoms. The molecule has 0 saturated heterocycles. The van der Waals surface area contributed by atoms with Crippen LogP contribution in [0.25, 0.3) is 0 Å². The highest BCUT2D eigenvalue weighted by molar-refractivity contribution is 5.70. The van der Waals surface area contributed by atoms with Crippen LogP contribution in [0.5, 0.6) is 11.5 Å². The van der Waals surface area contributed by atoms with Crippen LogP contribution in [0.4, 0.5) is 0 Å². The lowest BCUT2D eigenvalue weighted by molar-refractivity contribution is -0.146. The second-order valence-electron chi connectivity index (χ2n) is 6.48. The third-order valence-electron chi connectivity index (χ3n) is 4.17. The molecule has 0 saturated carbocycles. The van der Waals surface area contributed by atoms with Crippen molar-refractivity contribution in [2.75, 3.05) is 13.2 Å². The van der Waals surface area contributed by atoms with E-state index < -0.39 is 0 Å². The third kappa shape index (κ3) is 8.58. The summed E-state index contributed by atoms with van der Waals surface area (Å²) in [4.78, 5) is 23.4. The Morgan fingerprint density at radius 2 is 1.00 bits per heavy atom. The molecular formula is C22H26O6. The zero-order chi connectivity index (χ0) is 20.2. The first-order valence-corrected chi connectivity index (χ1v) is 9.40. The van der Waals surface area contributed by atoms with E-state index in [4.69, 9.17) is 9.47 Å². The van der Waals surface area contributed by atoms with Crippen molar-refractivity contribution in [2.24, 2.45) is 0 Å². The van der Waals surface area contributed by atoms with E-state index >= 15 is 0 Å². The molecule has 0 spiro atoms. The fourth-order valence-electron chi connectivity index (χ4n) is 2.54. The zero-order valence-corrected chi connectivity index (χ0v) is 15.8. The number of aromatic hydroxyl groups is 2. The molecule has 0 unspecified atom stereocenters. The molecule has 0 radical (unpaired) electrons. The SMILES string of the molecule is O=C(CCc1ccc(O)cc1)OCCCCOC(=O)CCc1ccc(O)cc1. The Balaban J connectivity index is 1.47. The molecule has 150 valence electrons. The van der Waals surface area contributed by atoms with Crippen molar-refractivity contribution in [1.29, 1.82) is 0 Å². The summed E-state index contributed by atoms with van der Waals surface area (Å²) in [7, 11) is 0. The van der Waals surface area contributed by atoms with Crippen LogP contribution in [0.15, 0.2) is 48.5 Å². The van der Waals surface area contributed by atoms with Crippen molar-refractivity contribution in [3.8, 4) is 11.5 Å². The summed E-state index contributed by atoms with van der Waals surface area (Å²) in [5.41, 5.74) is 1.93. The van der Waals surface area contributed by atoms with E-state index in [1.165, 1.54) is 0 Å². The predicted octanol–water partition coefficient (Wildman–Crippen LogP) is 3.53. The van der Waals surface area contributed by atoms with Crippen LogP contribution in [-0.2, 0) is 31.9 Å². The van der Waals surface area contributed by atoms with Gasteiger partial charge >= 0.3 is 11.9 Å². The molecule has 0 fully saturated rings. The van der Waals surface area contributed by atoms with Crippen LogP contribution in [0.1, 0.15) is 36.8 Å². The average molecular weight is 386 g/mol. The molecule has 0 atom stereocenters. The molecular weight excluding hydrogens is 360 g/mol. The van der Waals surface area contributed by atoms with Crippen LogP contribution in [-0.4, -0.2) is 35.4 Å². The summed E-state index contributed by atoms with van der Waals surface area (Å²) >= 11 is 0. The first kappa shape index (κ1) is 21.3. The topological polar surface area (TPSA) is 93.1 Å². The number of hydrogen-bond donors (Lipinski definition) is 2. The van der Waals surface area contributed by atoms with Gasteiger partial charge in [-0.2, -0.15) is 0 Å². The van der Waals surface area contributed by atoms with Crippen molar-refractivity contribution in [3.63, 3.8) is 0 Å². The molecule has 2 N–H and O–H groups in total. The van der Waals surface area contributed by atoms with Crippen molar-refractivity contribution < 1.29 is 29.3 Å². The Morgan fingerprint density at radius 1 is 0.643 bits per heavy atom. The number of phenolic OH excluding ortho intramolecular Hbond substituents is 2. The second kappa shape index (κ2) is 11.6. The van der Waals surface area contributed by atoms with Crippen molar-refractivity contribution >= 4 is 11.9 Å². The molecule has 0 amide bonds. The lowest BCUT2D eigenvalue weighted by Gasteiger charge is -2.07. The Morgan fingerprint density at radius 3 is 1.36 bits per heavy atom. The Labute approximate surface area is 164 Å². The maximum atomic E-state index is 11.7. The lowest BCUT2D eigenvalue weighted by atomic mass is 10.1. The summed E-state index contributed by atoms with van der Waals surface area (Å²) < 4.78 is 10.3. The average Bonchev–Trinajstić information content (AvgIpc) is 2.69. The molecule has 6 heteroatoms. The van der Waals surface area contributed by atoms with Crippen LogP contribution in [0, 0.1) is 0 Å². The van der Waals surface area contributed by atoms with E-state index in [1.807, 2.05) is 0 Å². The molecule has 6 nitrogen and oxygen atoms in total. The van der Waals surface area contributed by atoms with E-state index in [1.54, 1.807) is 48.5 Å². The fourth-order valence-corrected chi connectivity index (χ4v) is 2.54. The van der Waals surface area contributed by atoms with Crippen LogP contribution in [0.3, 0.4) is 0 Å². The Bertz CT molecular complexity index is 671. The van der Waals surface area contributed by atoms with Crippen LogP contribution in [0.2, 0.25) is 0 Å². The number of carbonyl (C=O) groups is 2. The molecule has 0 aliphatic rings. The summed E-state index contributed by atoms with van der Waals surface area (Å²) in [5.74, 6) is -0.127. The van der Waals surface area contributed by atoms with Gasteiger partial charge in [-0.05, 0) is 61.1 Å². The highest BCUT2D eigenvalue weighted by Crippen LogP contribution is 2.12. The van der Waals surface area contributed by atoms with Gasteiger partial charge in [0, 0.05) is 12.8 Å². The van der Waals surface area contributed by atoms with Gasteiger partial charge in [0.15, 0.2) is 0 Å². The number of carbonyl (C=O) groups excluding carboxylic acids is 2. The van der Waals surface area contributed by atoms with E-state index in [9.17, 15) is 19.8 Å². The maximum absolute atomic E-state index is 11.7. The minimum atomic E-state index is -0.265. The molecule has 2 aromatic carbocycles. The van der Waals surface area contributed by atoms with Gasteiger partial charge < -0.3 is 19.7 Å². The number of esters is 2. The van der Waals surface area contributed by atoms with E-state index in [0.717, 1.165) is 11.1 Å². The highest BCUT2D eigenvalue weighted by Gasteiger charge is 2.06. The number of hydrogen-bond acceptors (Lipinski definition) is 6. The van der Waals surface area contributed by atoms with Gasteiger partial charge in [0.25, 0.3) is 0 Å². The molecule has 0 aliphatic carbocycles. The molecule has 2 aromatic rings. The van der Waals surface area contributed by atoms with Crippen molar-refractivity contribution in [2.45, 2.75) is 38.5 Å². The van der Waals surface area contributed by atoms with E-state index in [-0.39, 0.29) is 36.3 Å². The molecule has 2 rings (SSSR count).